The summed E-state index contributed by atoms with van der Waals surface area (Å²) in [6.07, 6.45) is 0.970. The van der Waals surface area contributed by atoms with Gasteiger partial charge in [-0.05, 0) is 36.4 Å². The lowest BCUT2D eigenvalue weighted by Gasteiger charge is -2.28. The predicted octanol–water partition coefficient (Wildman–Crippen LogP) is 2.71. The van der Waals surface area contributed by atoms with Crippen LogP contribution in [0.25, 0.3) is 10.8 Å². The van der Waals surface area contributed by atoms with E-state index in [-0.39, 0.29) is 17.8 Å². The Morgan fingerprint density at radius 2 is 1.95 bits per heavy atom. The first-order chi connectivity index (χ1) is 10.1. The lowest BCUT2D eigenvalue weighted by molar-refractivity contribution is 0.0927. The molecule has 2 N–H and O–H groups in total. The molecular formula is C17H19FN2O. The monoisotopic (exact) mass is 286 g/mol. The van der Waals surface area contributed by atoms with E-state index in [9.17, 15) is 9.18 Å². The maximum atomic E-state index is 13.8. The Morgan fingerprint density at radius 1 is 1.19 bits per heavy atom. The molecular weight excluding hydrogens is 267 g/mol. The van der Waals surface area contributed by atoms with Gasteiger partial charge in [0.1, 0.15) is 5.82 Å². The number of amides is 1. The summed E-state index contributed by atoms with van der Waals surface area (Å²) < 4.78 is 13.8. The van der Waals surface area contributed by atoms with Crippen LogP contribution in [0.3, 0.4) is 0 Å². The molecule has 0 bridgehead atoms. The third-order valence-corrected chi connectivity index (χ3v) is 4.02. The molecule has 1 saturated heterocycles. The van der Waals surface area contributed by atoms with Crippen LogP contribution in [0.2, 0.25) is 0 Å². The van der Waals surface area contributed by atoms with Gasteiger partial charge in [0.2, 0.25) is 0 Å². The number of piperidine rings is 1. The molecule has 0 aliphatic carbocycles. The van der Waals surface area contributed by atoms with Gasteiger partial charge in [-0.1, -0.05) is 31.2 Å². The van der Waals surface area contributed by atoms with Gasteiger partial charge >= 0.3 is 0 Å². The molecule has 2 unspecified atom stereocenters. The van der Waals surface area contributed by atoms with Crippen molar-refractivity contribution in [3.63, 3.8) is 0 Å². The van der Waals surface area contributed by atoms with Crippen molar-refractivity contribution < 1.29 is 9.18 Å². The molecule has 1 amide bonds. The summed E-state index contributed by atoms with van der Waals surface area (Å²) in [5.74, 6) is 0.121. The number of halogens is 1. The number of carbonyl (C=O) groups is 1. The molecule has 4 heteroatoms. The van der Waals surface area contributed by atoms with Gasteiger partial charge in [0.15, 0.2) is 0 Å². The molecule has 110 valence electrons. The second-order valence-corrected chi connectivity index (χ2v) is 5.81. The van der Waals surface area contributed by atoms with Gasteiger partial charge in [0, 0.05) is 23.5 Å². The van der Waals surface area contributed by atoms with Crippen molar-refractivity contribution in [1.82, 2.24) is 10.6 Å². The number of hydrogen-bond donors (Lipinski definition) is 2. The maximum Gasteiger partial charge on any atom is 0.252 e. The van der Waals surface area contributed by atoms with Gasteiger partial charge in [-0.25, -0.2) is 4.39 Å². The largest absolute Gasteiger partial charge is 0.348 e. The smallest absolute Gasteiger partial charge is 0.252 e. The van der Waals surface area contributed by atoms with E-state index in [1.165, 1.54) is 6.07 Å². The van der Waals surface area contributed by atoms with Crippen LogP contribution in [0.15, 0.2) is 36.4 Å². The summed E-state index contributed by atoms with van der Waals surface area (Å²) in [7, 11) is 0. The fourth-order valence-electron chi connectivity index (χ4n) is 2.99. The molecule has 0 spiro atoms. The molecule has 1 aliphatic heterocycles. The van der Waals surface area contributed by atoms with Gasteiger partial charge in [-0.15, -0.1) is 0 Å². The van der Waals surface area contributed by atoms with Crippen molar-refractivity contribution in [3.05, 3.63) is 47.8 Å². The van der Waals surface area contributed by atoms with Crippen molar-refractivity contribution >= 4 is 16.7 Å². The number of hydrogen-bond acceptors (Lipinski definition) is 2. The first-order valence-corrected chi connectivity index (χ1v) is 7.34. The van der Waals surface area contributed by atoms with Gasteiger partial charge in [0.05, 0.1) is 0 Å². The maximum absolute atomic E-state index is 13.8. The lowest BCUT2D eigenvalue weighted by atomic mass is 9.97. The number of rotatable bonds is 2. The van der Waals surface area contributed by atoms with Crippen molar-refractivity contribution in [3.8, 4) is 0 Å². The zero-order chi connectivity index (χ0) is 14.8. The highest BCUT2D eigenvalue weighted by Gasteiger charge is 2.21. The molecule has 1 fully saturated rings. The van der Waals surface area contributed by atoms with Crippen LogP contribution in [-0.4, -0.2) is 25.0 Å². The molecule has 0 aromatic heterocycles. The summed E-state index contributed by atoms with van der Waals surface area (Å²) in [6, 6.07) is 10.1. The van der Waals surface area contributed by atoms with Crippen LogP contribution in [0.4, 0.5) is 4.39 Å². The van der Waals surface area contributed by atoms with Crippen LogP contribution < -0.4 is 10.6 Å². The molecule has 1 heterocycles. The topological polar surface area (TPSA) is 41.1 Å². The van der Waals surface area contributed by atoms with E-state index in [0.29, 0.717) is 22.3 Å². The Kier molecular flexibility index (Phi) is 3.88. The Hall–Kier alpha value is -1.94. The minimum Gasteiger partial charge on any atom is -0.348 e. The molecule has 0 saturated carbocycles. The van der Waals surface area contributed by atoms with Crippen molar-refractivity contribution in [1.29, 1.82) is 0 Å². The van der Waals surface area contributed by atoms with E-state index in [0.717, 1.165) is 19.5 Å². The first-order valence-electron chi connectivity index (χ1n) is 7.34. The quantitative estimate of drug-likeness (QED) is 0.891. The zero-order valence-corrected chi connectivity index (χ0v) is 12.0. The van der Waals surface area contributed by atoms with Crippen LogP contribution in [0.1, 0.15) is 23.7 Å². The highest BCUT2D eigenvalue weighted by Crippen LogP contribution is 2.22. The van der Waals surface area contributed by atoms with E-state index >= 15 is 0 Å². The molecule has 21 heavy (non-hydrogen) atoms. The van der Waals surface area contributed by atoms with Crippen LogP contribution >= 0.6 is 0 Å². The average molecular weight is 286 g/mol. The minimum atomic E-state index is -0.296. The summed E-state index contributed by atoms with van der Waals surface area (Å²) in [4.78, 5) is 12.5. The average Bonchev–Trinajstić information content (AvgIpc) is 2.48. The number of benzene rings is 2. The lowest BCUT2D eigenvalue weighted by Crippen LogP contribution is -2.48. The van der Waals surface area contributed by atoms with E-state index in [1.54, 1.807) is 24.3 Å². The van der Waals surface area contributed by atoms with Gasteiger partial charge in [-0.3, -0.25) is 4.79 Å². The third-order valence-electron chi connectivity index (χ3n) is 4.02. The van der Waals surface area contributed by atoms with Crippen molar-refractivity contribution in [2.75, 3.05) is 13.1 Å². The first kappa shape index (κ1) is 14.0. The molecule has 0 radical (unpaired) electrons. The Bertz CT molecular complexity index is 671. The van der Waals surface area contributed by atoms with Crippen molar-refractivity contribution in [2.24, 2.45) is 5.92 Å². The van der Waals surface area contributed by atoms with E-state index in [1.807, 2.05) is 6.07 Å². The fraction of sp³-hybridized carbons (Fsp3) is 0.353. The van der Waals surface area contributed by atoms with E-state index in [2.05, 4.69) is 17.6 Å². The summed E-state index contributed by atoms with van der Waals surface area (Å²) in [6.45, 7) is 3.94. The Morgan fingerprint density at radius 3 is 2.71 bits per heavy atom. The number of nitrogens with one attached hydrogen (secondary N) is 2. The second-order valence-electron chi connectivity index (χ2n) is 5.81. The van der Waals surface area contributed by atoms with Crippen LogP contribution in [0, 0.1) is 11.7 Å². The number of fused-ring (bicyclic) bond motifs is 1. The number of carbonyl (C=O) groups excluding carboxylic acids is 1. The molecule has 3 nitrogen and oxygen atoms in total. The standard InChI is InChI=1S/C17H19FN2O/c1-11-8-12(10-19-9-11)20-17(21)15-6-7-16(18)14-5-3-2-4-13(14)15/h2-7,11-12,19H,8-10H2,1H3,(H,20,21). The Labute approximate surface area is 123 Å². The molecule has 2 atom stereocenters. The second kappa shape index (κ2) is 5.82. The molecule has 1 aliphatic rings. The van der Waals surface area contributed by atoms with E-state index < -0.39 is 0 Å². The SMILES string of the molecule is CC1CNCC(NC(=O)c2ccc(F)c3ccccc23)C1. The minimum absolute atomic E-state index is 0.130. The highest BCUT2D eigenvalue weighted by molar-refractivity contribution is 6.07. The molecule has 2 aromatic rings. The molecule has 3 rings (SSSR count). The molecule has 2 aromatic carbocycles. The van der Waals surface area contributed by atoms with Gasteiger partial charge < -0.3 is 10.6 Å². The summed E-state index contributed by atoms with van der Waals surface area (Å²) >= 11 is 0. The van der Waals surface area contributed by atoms with E-state index in [4.69, 9.17) is 0 Å². The Balaban J connectivity index is 1.86. The van der Waals surface area contributed by atoms with Crippen LogP contribution in [-0.2, 0) is 0 Å². The van der Waals surface area contributed by atoms with Gasteiger partial charge in [0.25, 0.3) is 5.91 Å². The van der Waals surface area contributed by atoms with Gasteiger partial charge in [-0.2, -0.15) is 0 Å². The summed E-state index contributed by atoms with van der Waals surface area (Å²) in [5, 5.41) is 7.51. The predicted molar refractivity (Wildman–Crippen MR) is 81.8 cm³/mol. The fourth-order valence-corrected chi connectivity index (χ4v) is 2.99. The van der Waals surface area contributed by atoms with Crippen LogP contribution in [0.5, 0.6) is 0 Å². The van der Waals surface area contributed by atoms with Crippen molar-refractivity contribution in [2.45, 2.75) is 19.4 Å². The third kappa shape index (κ3) is 2.90. The summed E-state index contributed by atoms with van der Waals surface area (Å²) in [5.41, 5.74) is 0.533. The zero-order valence-electron chi connectivity index (χ0n) is 12.0. The normalized spacial score (nSPS) is 22.2. The highest BCUT2D eigenvalue weighted by atomic mass is 19.1.